The Labute approximate surface area is 125 Å². The van der Waals surface area contributed by atoms with Gasteiger partial charge in [-0.1, -0.05) is 29.8 Å². The summed E-state index contributed by atoms with van der Waals surface area (Å²) in [5, 5.41) is 5.81. The average molecular weight is 303 g/mol. The van der Waals surface area contributed by atoms with Crippen LogP contribution in [0.3, 0.4) is 0 Å². The fourth-order valence-electron chi connectivity index (χ4n) is 2.04. The van der Waals surface area contributed by atoms with Crippen LogP contribution < -0.4 is 15.4 Å². The standard InChI is InChI=1S/C15H11ClN2O3/c16-10-5-1-2-6-11(10)17-15(20)9-4-3-7-12-14(9)18-13(19)8-21-12/h1-7H,8H2,(H,17,20)(H,18,19). The fourth-order valence-corrected chi connectivity index (χ4v) is 2.22. The second-order valence-corrected chi connectivity index (χ2v) is 4.86. The summed E-state index contributed by atoms with van der Waals surface area (Å²) in [5.41, 5.74) is 1.20. The molecule has 0 unspecified atom stereocenters. The van der Waals surface area contributed by atoms with Crippen LogP contribution in [0.5, 0.6) is 5.75 Å². The minimum Gasteiger partial charge on any atom is -0.482 e. The zero-order chi connectivity index (χ0) is 14.8. The molecular weight excluding hydrogens is 292 g/mol. The number of anilines is 2. The number of para-hydroxylation sites is 2. The van der Waals surface area contributed by atoms with Gasteiger partial charge < -0.3 is 15.4 Å². The van der Waals surface area contributed by atoms with Crippen molar-refractivity contribution in [3.05, 3.63) is 53.1 Å². The van der Waals surface area contributed by atoms with Crippen molar-refractivity contribution >= 4 is 34.8 Å². The maximum atomic E-state index is 12.4. The number of benzene rings is 2. The summed E-state index contributed by atoms with van der Waals surface area (Å²) in [4.78, 5) is 23.8. The van der Waals surface area contributed by atoms with Gasteiger partial charge in [-0.3, -0.25) is 9.59 Å². The van der Waals surface area contributed by atoms with Gasteiger partial charge in [-0.05, 0) is 24.3 Å². The summed E-state index contributed by atoms with van der Waals surface area (Å²) in [6.45, 7) is -0.0530. The van der Waals surface area contributed by atoms with Crippen molar-refractivity contribution in [2.75, 3.05) is 17.2 Å². The van der Waals surface area contributed by atoms with Crippen LogP contribution in [-0.2, 0) is 4.79 Å². The lowest BCUT2D eigenvalue weighted by Crippen LogP contribution is -2.27. The van der Waals surface area contributed by atoms with E-state index in [-0.39, 0.29) is 18.4 Å². The number of halogens is 1. The molecule has 1 aliphatic heterocycles. The predicted octanol–water partition coefficient (Wildman–Crippen LogP) is 2.92. The Hall–Kier alpha value is -2.53. The second kappa shape index (κ2) is 5.46. The van der Waals surface area contributed by atoms with Crippen LogP contribution in [0.15, 0.2) is 42.5 Å². The van der Waals surface area contributed by atoms with Crippen molar-refractivity contribution in [2.24, 2.45) is 0 Å². The Bertz CT molecular complexity index is 731. The molecule has 2 N–H and O–H groups in total. The predicted molar refractivity (Wildman–Crippen MR) is 80.0 cm³/mol. The molecule has 0 radical (unpaired) electrons. The van der Waals surface area contributed by atoms with E-state index in [0.717, 1.165) is 0 Å². The third kappa shape index (κ3) is 2.68. The minimum atomic E-state index is -0.370. The molecule has 1 aliphatic rings. The first-order valence-electron chi connectivity index (χ1n) is 6.26. The lowest BCUT2D eigenvalue weighted by atomic mass is 10.1. The van der Waals surface area contributed by atoms with Crippen LogP contribution in [0.4, 0.5) is 11.4 Å². The molecule has 3 rings (SSSR count). The van der Waals surface area contributed by atoms with E-state index in [1.54, 1.807) is 42.5 Å². The van der Waals surface area contributed by atoms with Crippen molar-refractivity contribution in [2.45, 2.75) is 0 Å². The topological polar surface area (TPSA) is 67.4 Å². The van der Waals surface area contributed by atoms with E-state index >= 15 is 0 Å². The molecule has 0 saturated carbocycles. The molecule has 5 nitrogen and oxygen atoms in total. The van der Waals surface area contributed by atoms with E-state index < -0.39 is 0 Å². The van der Waals surface area contributed by atoms with Gasteiger partial charge in [0.05, 0.1) is 22.0 Å². The molecule has 0 spiro atoms. The van der Waals surface area contributed by atoms with E-state index in [1.807, 2.05) is 0 Å². The first kappa shape index (κ1) is 13.5. The molecule has 0 aromatic heterocycles. The average Bonchev–Trinajstić information content (AvgIpc) is 2.49. The van der Waals surface area contributed by atoms with Crippen LogP contribution >= 0.6 is 11.6 Å². The van der Waals surface area contributed by atoms with E-state index in [0.29, 0.717) is 27.7 Å². The third-order valence-electron chi connectivity index (χ3n) is 3.02. The largest absolute Gasteiger partial charge is 0.482 e. The van der Waals surface area contributed by atoms with E-state index in [2.05, 4.69) is 10.6 Å². The van der Waals surface area contributed by atoms with Crippen LogP contribution in [-0.4, -0.2) is 18.4 Å². The second-order valence-electron chi connectivity index (χ2n) is 4.45. The quantitative estimate of drug-likeness (QED) is 0.896. The van der Waals surface area contributed by atoms with Crippen LogP contribution in [0, 0.1) is 0 Å². The molecule has 0 bridgehead atoms. The number of nitrogens with one attached hydrogen (secondary N) is 2. The van der Waals surface area contributed by atoms with Crippen molar-refractivity contribution in [1.82, 2.24) is 0 Å². The van der Waals surface area contributed by atoms with E-state index in [4.69, 9.17) is 16.3 Å². The van der Waals surface area contributed by atoms with Crippen LogP contribution in [0.1, 0.15) is 10.4 Å². The van der Waals surface area contributed by atoms with Crippen molar-refractivity contribution in [1.29, 1.82) is 0 Å². The van der Waals surface area contributed by atoms with Gasteiger partial charge >= 0.3 is 0 Å². The first-order valence-corrected chi connectivity index (χ1v) is 6.64. The van der Waals surface area contributed by atoms with Gasteiger partial charge in [-0.25, -0.2) is 0 Å². The molecule has 0 aliphatic carbocycles. The summed E-state index contributed by atoms with van der Waals surface area (Å²) in [6, 6.07) is 11.9. The van der Waals surface area contributed by atoms with Gasteiger partial charge in [0, 0.05) is 0 Å². The van der Waals surface area contributed by atoms with Crippen LogP contribution in [0.25, 0.3) is 0 Å². The molecule has 2 amide bonds. The number of rotatable bonds is 2. The summed E-state index contributed by atoms with van der Waals surface area (Å²) < 4.78 is 5.28. The lowest BCUT2D eigenvalue weighted by molar-refractivity contribution is -0.118. The Morgan fingerprint density at radius 3 is 2.81 bits per heavy atom. The van der Waals surface area contributed by atoms with Gasteiger partial charge in [0.2, 0.25) is 0 Å². The zero-order valence-corrected chi connectivity index (χ0v) is 11.6. The van der Waals surface area contributed by atoms with E-state index in [9.17, 15) is 9.59 Å². The summed E-state index contributed by atoms with van der Waals surface area (Å²) in [6.07, 6.45) is 0. The Morgan fingerprint density at radius 2 is 2.00 bits per heavy atom. The maximum Gasteiger partial charge on any atom is 0.262 e. The number of hydrogen-bond donors (Lipinski definition) is 2. The number of carbonyl (C=O) groups excluding carboxylic acids is 2. The van der Waals surface area contributed by atoms with E-state index in [1.165, 1.54) is 0 Å². The molecular formula is C15H11ClN2O3. The highest BCUT2D eigenvalue weighted by molar-refractivity contribution is 6.34. The smallest absolute Gasteiger partial charge is 0.262 e. The van der Waals surface area contributed by atoms with Gasteiger partial charge in [-0.15, -0.1) is 0 Å². The van der Waals surface area contributed by atoms with Crippen molar-refractivity contribution in [3.8, 4) is 5.75 Å². The van der Waals surface area contributed by atoms with Crippen molar-refractivity contribution < 1.29 is 14.3 Å². The molecule has 0 atom stereocenters. The molecule has 0 saturated heterocycles. The normalized spacial score (nSPS) is 12.9. The summed E-state index contributed by atoms with van der Waals surface area (Å²) in [5.74, 6) is -0.187. The highest BCUT2D eigenvalue weighted by Gasteiger charge is 2.22. The molecule has 21 heavy (non-hydrogen) atoms. The molecule has 0 fully saturated rings. The Morgan fingerprint density at radius 1 is 1.19 bits per heavy atom. The Balaban J connectivity index is 1.92. The number of ether oxygens (including phenoxy) is 1. The highest BCUT2D eigenvalue weighted by Crippen LogP contribution is 2.32. The maximum absolute atomic E-state index is 12.4. The highest BCUT2D eigenvalue weighted by atomic mass is 35.5. The molecule has 1 heterocycles. The first-order chi connectivity index (χ1) is 10.1. The van der Waals surface area contributed by atoms with Crippen LogP contribution in [0.2, 0.25) is 5.02 Å². The van der Waals surface area contributed by atoms with Gasteiger partial charge in [0.15, 0.2) is 6.61 Å². The molecule has 106 valence electrons. The number of hydrogen-bond acceptors (Lipinski definition) is 3. The summed E-state index contributed by atoms with van der Waals surface area (Å²) >= 11 is 6.01. The SMILES string of the molecule is O=C1COc2cccc(C(=O)Nc3ccccc3Cl)c2N1. The van der Waals surface area contributed by atoms with Gasteiger partial charge in [0.1, 0.15) is 5.75 Å². The number of carbonyl (C=O) groups is 2. The molecule has 6 heteroatoms. The van der Waals surface area contributed by atoms with Gasteiger partial charge in [-0.2, -0.15) is 0 Å². The zero-order valence-electron chi connectivity index (χ0n) is 10.9. The van der Waals surface area contributed by atoms with Crippen molar-refractivity contribution in [3.63, 3.8) is 0 Å². The molecule has 2 aromatic carbocycles. The third-order valence-corrected chi connectivity index (χ3v) is 3.35. The number of fused-ring (bicyclic) bond motifs is 1. The fraction of sp³-hybridized carbons (Fsp3) is 0.0667. The monoisotopic (exact) mass is 302 g/mol. The summed E-state index contributed by atoms with van der Waals surface area (Å²) in [7, 11) is 0. The molecule has 2 aromatic rings. The Kier molecular flexibility index (Phi) is 3.50. The minimum absolute atomic E-state index is 0.0530. The van der Waals surface area contributed by atoms with Gasteiger partial charge in [0.25, 0.3) is 11.8 Å². The lowest BCUT2D eigenvalue weighted by Gasteiger charge is -2.20. The number of amides is 2.